The molecule has 0 spiro atoms. The molecule has 1 amide bonds. The van der Waals surface area contributed by atoms with E-state index in [1.807, 2.05) is 13.8 Å². The molecule has 1 aliphatic rings. The normalized spacial score (nSPS) is 22.1. The highest BCUT2D eigenvalue weighted by Gasteiger charge is 2.25. The zero-order valence-corrected chi connectivity index (χ0v) is 14.0. The van der Waals surface area contributed by atoms with Crippen LogP contribution in [0.5, 0.6) is 0 Å². The zero-order chi connectivity index (χ0) is 16.1. The average molecular weight is 345 g/mol. The summed E-state index contributed by atoms with van der Waals surface area (Å²) in [6.07, 6.45) is 1.52. The van der Waals surface area contributed by atoms with Crippen LogP contribution >= 0.6 is 23.2 Å². The molecule has 0 radical (unpaired) electrons. The molecule has 5 nitrogen and oxygen atoms in total. The van der Waals surface area contributed by atoms with E-state index in [0.29, 0.717) is 28.7 Å². The fourth-order valence-corrected chi connectivity index (χ4v) is 2.72. The topological polar surface area (TPSA) is 51.1 Å². The van der Waals surface area contributed by atoms with Gasteiger partial charge in [0.05, 0.1) is 23.4 Å². The van der Waals surface area contributed by atoms with Crippen molar-refractivity contribution in [3.05, 3.63) is 33.8 Å². The molecule has 22 heavy (non-hydrogen) atoms. The quantitative estimate of drug-likeness (QED) is 0.623. The lowest BCUT2D eigenvalue weighted by Crippen LogP contribution is -2.49. The van der Waals surface area contributed by atoms with Gasteiger partial charge in [-0.15, -0.1) is 0 Å². The van der Waals surface area contributed by atoms with E-state index < -0.39 is 0 Å². The smallest absolute Gasteiger partial charge is 0.263 e. The Hall–Kier alpha value is -1.30. The monoisotopic (exact) mass is 344 g/mol. The summed E-state index contributed by atoms with van der Waals surface area (Å²) in [4.78, 5) is 18.8. The lowest BCUT2D eigenvalue weighted by Gasteiger charge is -2.34. The van der Waals surface area contributed by atoms with E-state index in [-0.39, 0.29) is 24.7 Å². The van der Waals surface area contributed by atoms with Gasteiger partial charge in [0, 0.05) is 23.7 Å². The largest absolute Gasteiger partial charge is 0.386 e. The molecule has 0 aromatic heterocycles. The van der Waals surface area contributed by atoms with Crippen molar-refractivity contribution in [3.63, 3.8) is 0 Å². The Morgan fingerprint density at radius 2 is 2.09 bits per heavy atom. The molecule has 2 atom stereocenters. The second-order valence-corrected chi connectivity index (χ2v) is 6.07. The maximum atomic E-state index is 12.0. The number of morpholine rings is 1. The van der Waals surface area contributed by atoms with Gasteiger partial charge in [0.2, 0.25) is 0 Å². The summed E-state index contributed by atoms with van der Waals surface area (Å²) in [5.74, 6) is -0.110. The van der Waals surface area contributed by atoms with Crippen LogP contribution in [0.1, 0.15) is 19.4 Å². The summed E-state index contributed by atoms with van der Waals surface area (Å²) in [6, 6.07) is 5.05. The lowest BCUT2D eigenvalue weighted by atomic mass is 10.2. The second kappa shape index (κ2) is 7.81. The molecule has 1 aromatic carbocycles. The first kappa shape index (κ1) is 17.1. The third kappa shape index (κ3) is 4.87. The number of hydrogen-bond acceptors (Lipinski definition) is 4. The molecule has 7 heteroatoms. The Bertz CT molecular complexity index is 556. The van der Waals surface area contributed by atoms with Gasteiger partial charge in [0.25, 0.3) is 5.91 Å². The van der Waals surface area contributed by atoms with Gasteiger partial charge in [0.15, 0.2) is 6.61 Å². The Labute approximate surface area is 139 Å². The highest BCUT2D eigenvalue weighted by molar-refractivity contribution is 6.36. The van der Waals surface area contributed by atoms with E-state index in [1.165, 1.54) is 6.21 Å². The summed E-state index contributed by atoms with van der Waals surface area (Å²) >= 11 is 11.8. The Morgan fingerprint density at radius 3 is 2.73 bits per heavy atom. The highest BCUT2D eigenvalue weighted by Crippen LogP contribution is 2.19. The molecule has 0 bridgehead atoms. The molecular formula is C15H18Cl2N2O3. The minimum Gasteiger partial charge on any atom is -0.386 e. The van der Waals surface area contributed by atoms with Crippen molar-refractivity contribution in [3.8, 4) is 0 Å². The standard InChI is InChI=1S/C15H18Cl2N2O3/c1-10-7-19(8-11(2)22-10)15(20)9-21-18-6-12-3-4-13(16)5-14(12)17/h3-6,10-11H,7-9H2,1-2H3. The van der Waals surface area contributed by atoms with E-state index in [9.17, 15) is 4.79 Å². The third-order valence-electron chi connectivity index (χ3n) is 3.19. The molecular weight excluding hydrogens is 327 g/mol. The van der Waals surface area contributed by atoms with E-state index in [1.54, 1.807) is 23.1 Å². The van der Waals surface area contributed by atoms with Crippen LogP contribution in [0.15, 0.2) is 23.4 Å². The summed E-state index contributed by atoms with van der Waals surface area (Å²) < 4.78 is 5.58. The number of oxime groups is 1. The van der Waals surface area contributed by atoms with Crippen LogP contribution in [0.2, 0.25) is 10.0 Å². The van der Waals surface area contributed by atoms with Crippen LogP contribution in [0, 0.1) is 0 Å². The van der Waals surface area contributed by atoms with Crippen LogP contribution < -0.4 is 0 Å². The summed E-state index contributed by atoms with van der Waals surface area (Å²) in [5, 5.41) is 4.80. The Kier molecular flexibility index (Phi) is 6.06. The molecule has 1 heterocycles. The molecule has 1 aliphatic heterocycles. The SMILES string of the molecule is CC1CN(C(=O)CON=Cc2ccc(Cl)cc2Cl)CC(C)O1. The maximum Gasteiger partial charge on any atom is 0.263 e. The van der Waals surface area contributed by atoms with Crippen molar-refractivity contribution in [2.75, 3.05) is 19.7 Å². The van der Waals surface area contributed by atoms with Crippen LogP contribution in [0.3, 0.4) is 0 Å². The number of carbonyl (C=O) groups excluding carboxylic acids is 1. The minimum atomic E-state index is -0.110. The van der Waals surface area contributed by atoms with Gasteiger partial charge in [-0.1, -0.05) is 34.4 Å². The Morgan fingerprint density at radius 1 is 1.41 bits per heavy atom. The summed E-state index contributed by atoms with van der Waals surface area (Å²) in [7, 11) is 0. The predicted octanol–water partition coefficient (Wildman–Crippen LogP) is 2.98. The van der Waals surface area contributed by atoms with Gasteiger partial charge in [-0.25, -0.2) is 0 Å². The minimum absolute atomic E-state index is 0.0316. The first-order chi connectivity index (χ1) is 10.5. The molecule has 1 saturated heterocycles. The van der Waals surface area contributed by atoms with Crippen LogP contribution in [-0.4, -0.2) is 48.9 Å². The van der Waals surface area contributed by atoms with Gasteiger partial charge in [-0.2, -0.15) is 0 Å². The number of ether oxygens (including phenoxy) is 1. The Balaban J connectivity index is 1.82. The molecule has 0 saturated carbocycles. The number of halogens is 2. The van der Waals surface area contributed by atoms with Crippen molar-refractivity contribution >= 4 is 35.3 Å². The first-order valence-electron chi connectivity index (χ1n) is 6.99. The van der Waals surface area contributed by atoms with Gasteiger partial charge >= 0.3 is 0 Å². The van der Waals surface area contributed by atoms with Crippen molar-refractivity contribution in [2.45, 2.75) is 26.1 Å². The van der Waals surface area contributed by atoms with Crippen molar-refractivity contribution in [2.24, 2.45) is 5.16 Å². The molecule has 120 valence electrons. The fourth-order valence-electron chi connectivity index (χ4n) is 2.27. The van der Waals surface area contributed by atoms with E-state index >= 15 is 0 Å². The molecule has 0 N–H and O–H groups in total. The number of hydrogen-bond donors (Lipinski definition) is 0. The van der Waals surface area contributed by atoms with Gasteiger partial charge in [-0.05, 0) is 26.0 Å². The van der Waals surface area contributed by atoms with Crippen molar-refractivity contribution < 1.29 is 14.4 Å². The summed E-state index contributed by atoms with van der Waals surface area (Å²) in [5.41, 5.74) is 0.673. The van der Waals surface area contributed by atoms with Gasteiger partial charge in [-0.3, -0.25) is 4.79 Å². The summed E-state index contributed by atoms with van der Waals surface area (Å²) in [6.45, 7) is 4.91. The van der Waals surface area contributed by atoms with Crippen LogP contribution in [-0.2, 0) is 14.4 Å². The molecule has 2 unspecified atom stereocenters. The molecule has 1 aromatic rings. The number of benzene rings is 1. The fraction of sp³-hybridized carbons (Fsp3) is 0.467. The van der Waals surface area contributed by atoms with Gasteiger partial charge < -0.3 is 14.5 Å². The van der Waals surface area contributed by atoms with E-state index in [4.69, 9.17) is 32.8 Å². The molecule has 1 fully saturated rings. The van der Waals surface area contributed by atoms with Crippen LogP contribution in [0.25, 0.3) is 0 Å². The number of rotatable bonds is 4. The average Bonchev–Trinajstić information content (AvgIpc) is 2.44. The predicted molar refractivity (Wildman–Crippen MR) is 86.6 cm³/mol. The molecule has 0 aliphatic carbocycles. The second-order valence-electron chi connectivity index (χ2n) is 5.23. The van der Waals surface area contributed by atoms with E-state index in [2.05, 4.69) is 5.16 Å². The number of carbonyl (C=O) groups is 1. The van der Waals surface area contributed by atoms with Crippen molar-refractivity contribution in [1.82, 2.24) is 4.90 Å². The van der Waals surface area contributed by atoms with E-state index in [0.717, 1.165) is 0 Å². The lowest BCUT2D eigenvalue weighted by molar-refractivity contribution is -0.147. The molecule has 2 rings (SSSR count). The third-order valence-corrected chi connectivity index (χ3v) is 3.75. The zero-order valence-electron chi connectivity index (χ0n) is 12.5. The van der Waals surface area contributed by atoms with Crippen molar-refractivity contribution in [1.29, 1.82) is 0 Å². The number of nitrogens with zero attached hydrogens (tertiary/aromatic N) is 2. The van der Waals surface area contributed by atoms with Gasteiger partial charge in [0.1, 0.15) is 0 Å². The van der Waals surface area contributed by atoms with Crippen LogP contribution in [0.4, 0.5) is 0 Å². The first-order valence-corrected chi connectivity index (χ1v) is 7.75. The highest BCUT2D eigenvalue weighted by atomic mass is 35.5. The number of amides is 1. The maximum absolute atomic E-state index is 12.0.